The summed E-state index contributed by atoms with van der Waals surface area (Å²) in [5.74, 6) is 0. The molecule has 0 fully saturated rings. The van der Waals surface area contributed by atoms with Crippen molar-refractivity contribution in [2.75, 3.05) is 0 Å². The Labute approximate surface area is 88.4 Å². The van der Waals surface area contributed by atoms with E-state index >= 15 is 0 Å². The molecule has 0 N–H and O–H groups in total. The number of rotatable bonds is 5. The summed E-state index contributed by atoms with van der Waals surface area (Å²) in [5, 5.41) is 0. The Morgan fingerprint density at radius 3 is 2.00 bits per heavy atom. The van der Waals surface area contributed by atoms with E-state index in [-0.39, 0.29) is 0 Å². The number of hydrogen-bond acceptors (Lipinski definition) is 0. The van der Waals surface area contributed by atoms with Crippen LogP contribution in [-0.2, 0) is 19.3 Å². The molecule has 0 aromatic heterocycles. The molecule has 1 aromatic carbocycles. The summed E-state index contributed by atoms with van der Waals surface area (Å²) in [6.07, 6.45) is 6.02. The van der Waals surface area contributed by atoms with E-state index in [2.05, 4.69) is 39.0 Å². The van der Waals surface area contributed by atoms with Crippen molar-refractivity contribution in [3.05, 3.63) is 34.9 Å². The zero-order valence-corrected chi connectivity index (χ0v) is 9.69. The van der Waals surface area contributed by atoms with Crippen molar-refractivity contribution in [3.8, 4) is 0 Å². The summed E-state index contributed by atoms with van der Waals surface area (Å²) in [6, 6.07) is 8.09. The van der Waals surface area contributed by atoms with Crippen LogP contribution in [0.4, 0.5) is 0 Å². The van der Waals surface area contributed by atoms with Crippen LogP contribution in [-0.4, -0.2) is 0 Å². The van der Waals surface area contributed by atoms with E-state index in [9.17, 15) is 0 Å². The van der Waals surface area contributed by atoms with Gasteiger partial charge in [0, 0.05) is 0 Å². The Hall–Kier alpha value is -0.780. The third-order valence-electron chi connectivity index (χ3n) is 2.62. The summed E-state index contributed by atoms with van der Waals surface area (Å²) in [5.41, 5.74) is 4.24. The molecule has 1 aromatic rings. The quantitative estimate of drug-likeness (QED) is 0.658. The van der Waals surface area contributed by atoms with Crippen LogP contribution < -0.4 is 0 Å². The van der Waals surface area contributed by atoms with Crippen LogP contribution in [0.1, 0.15) is 50.3 Å². The van der Waals surface area contributed by atoms with Gasteiger partial charge in [-0.15, -0.1) is 0 Å². The Balaban J connectivity index is 2.81. The molecule has 0 unspecified atom stereocenters. The first-order chi connectivity index (χ1) is 6.80. The topological polar surface area (TPSA) is 0 Å². The molecule has 0 atom stereocenters. The van der Waals surface area contributed by atoms with Crippen LogP contribution in [0.2, 0.25) is 0 Å². The van der Waals surface area contributed by atoms with Crippen LogP contribution in [0.25, 0.3) is 0 Å². The van der Waals surface area contributed by atoms with Gasteiger partial charge in [0.15, 0.2) is 0 Å². The lowest BCUT2D eigenvalue weighted by Gasteiger charge is -2.06. The second-order valence-electron chi connectivity index (χ2n) is 3.85. The highest BCUT2D eigenvalue weighted by Gasteiger charge is 1.99. The molecule has 0 heteroatoms. The molecule has 14 heavy (non-hydrogen) atoms. The second-order valence-corrected chi connectivity index (χ2v) is 3.85. The maximum Gasteiger partial charge on any atom is -0.0114 e. The highest BCUT2D eigenvalue weighted by Crippen LogP contribution is 2.13. The zero-order valence-electron chi connectivity index (χ0n) is 9.69. The molecule has 1 rings (SSSR count). The van der Waals surface area contributed by atoms with Crippen molar-refractivity contribution in [1.82, 2.24) is 0 Å². The SMILES string of the molecule is CCCCc1cc(CC)[c]c(CC)c1. The molecule has 0 saturated carbocycles. The van der Waals surface area contributed by atoms with E-state index < -0.39 is 0 Å². The lowest BCUT2D eigenvalue weighted by molar-refractivity contribution is 0.792. The molecule has 0 spiro atoms. The van der Waals surface area contributed by atoms with E-state index in [0.717, 1.165) is 12.8 Å². The molecule has 0 heterocycles. The molecule has 1 radical (unpaired) electrons. The smallest absolute Gasteiger partial charge is 0.0114 e. The lowest BCUT2D eigenvalue weighted by Crippen LogP contribution is -1.92. The Bertz CT molecular complexity index is 251. The van der Waals surface area contributed by atoms with Crippen LogP contribution in [0.5, 0.6) is 0 Å². The first-order valence-corrected chi connectivity index (χ1v) is 5.84. The van der Waals surface area contributed by atoms with Gasteiger partial charge in [-0.05, 0) is 48.4 Å². The van der Waals surface area contributed by atoms with Gasteiger partial charge in [0.1, 0.15) is 0 Å². The summed E-state index contributed by atoms with van der Waals surface area (Å²) >= 11 is 0. The third-order valence-corrected chi connectivity index (χ3v) is 2.62. The molecular weight excluding hydrogens is 168 g/mol. The molecule has 77 valence electrons. The average Bonchev–Trinajstić information content (AvgIpc) is 2.25. The van der Waals surface area contributed by atoms with Crippen LogP contribution in [0, 0.1) is 6.07 Å². The van der Waals surface area contributed by atoms with E-state index in [0.29, 0.717) is 0 Å². The average molecular weight is 189 g/mol. The number of hydrogen-bond donors (Lipinski definition) is 0. The Morgan fingerprint density at radius 1 is 1.00 bits per heavy atom. The fourth-order valence-corrected chi connectivity index (χ4v) is 1.67. The number of unbranched alkanes of at least 4 members (excludes halogenated alkanes) is 1. The fraction of sp³-hybridized carbons (Fsp3) is 0.571. The first-order valence-electron chi connectivity index (χ1n) is 5.84. The lowest BCUT2D eigenvalue weighted by atomic mass is 9.99. The Morgan fingerprint density at radius 2 is 1.57 bits per heavy atom. The van der Waals surface area contributed by atoms with Gasteiger partial charge in [-0.3, -0.25) is 0 Å². The first kappa shape index (κ1) is 11.3. The van der Waals surface area contributed by atoms with Gasteiger partial charge in [-0.25, -0.2) is 0 Å². The molecule has 0 nitrogen and oxygen atoms in total. The standard InChI is InChI=1S/C14H21/c1-4-7-8-14-10-12(5-2)9-13(6-3)11-14/h10-11H,4-8H2,1-3H3. The van der Waals surface area contributed by atoms with Gasteiger partial charge in [0.05, 0.1) is 0 Å². The molecule has 0 amide bonds. The minimum atomic E-state index is 1.10. The van der Waals surface area contributed by atoms with E-state index in [4.69, 9.17) is 0 Å². The van der Waals surface area contributed by atoms with Gasteiger partial charge in [0.25, 0.3) is 0 Å². The largest absolute Gasteiger partial charge is 0.0654 e. The summed E-state index contributed by atoms with van der Waals surface area (Å²) < 4.78 is 0. The van der Waals surface area contributed by atoms with Crippen molar-refractivity contribution in [3.63, 3.8) is 0 Å². The minimum Gasteiger partial charge on any atom is -0.0654 e. The van der Waals surface area contributed by atoms with Crippen LogP contribution in [0.15, 0.2) is 12.1 Å². The summed E-state index contributed by atoms with van der Waals surface area (Å²) in [4.78, 5) is 0. The molecule has 0 aliphatic heterocycles. The van der Waals surface area contributed by atoms with Gasteiger partial charge < -0.3 is 0 Å². The minimum absolute atomic E-state index is 1.10. The molecule has 0 saturated heterocycles. The molecule has 0 aliphatic rings. The monoisotopic (exact) mass is 189 g/mol. The normalized spacial score (nSPS) is 10.5. The predicted octanol–water partition coefficient (Wildman–Crippen LogP) is 3.95. The highest BCUT2D eigenvalue weighted by atomic mass is 14.0. The van der Waals surface area contributed by atoms with Crippen molar-refractivity contribution in [2.24, 2.45) is 0 Å². The maximum absolute atomic E-state index is 3.46. The van der Waals surface area contributed by atoms with E-state index in [1.807, 2.05) is 0 Å². The van der Waals surface area contributed by atoms with Crippen molar-refractivity contribution < 1.29 is 0 Å². The van der Waals surface area contributed by atoms with Crippen molar-refractivity contribution in [1.29, 1.82) is 0 Å². The van der Waals surface area contributed by atoms with Gasteiger partial charge in [-0.2, -0.15) is 0 Å². The van der Waals surface area contributed by atoms with Gasteiger partial charge >= 0.3 is 0 Å². The molecular formula is C14H21. The molecule has 0 aliphatic carbocycles. The van der Waals surface area contributed by atoms with Crippen LogP contribution in [0.3, 0.4) is 0 Å². The molecule has 0 bridgehead atoms. The number of benzene rings is 1. The second kappa shape index (κ2) is 5.85. The van der Waals surface area contributed by atoms with Gasteiger partial charge in [0.2, 0.25) is 0 Å². The summed E-state index contributed by atoms with van der Waals surface area (Å²) in [7, 11) is 0. The number of aryl methyl sites for hydroxylation is 3. The predicted molar refractivity (Wildman–Crippen MR) is 62.6 cm³/mol. The van der Waals surface area contributed by atoms with Crippen LogP contribution >= 0.6 is 0 Å². The van der Waals surface area contributed by atoms with Crippen molar-refractivity contribution >= 4 is 0 Å². The van der Waals surface area contributed by atoms with Gasteiger partial charge in [-0.1, -0.05) is 39.3 Å². The maximum atomic E-state index is 3.46. The van der Waals surface area contributed by atoms with E-state index in [1.165, 1.54) is 36.0 Å². The zero-order chi connectivity index (χ0) is 10.4. The Kier molecular flexibility index (Phi) is 4.72. The summed E-state index contributed by atoms with van der Waals surface area (Å²) in [6.45, 7) is 6.65. The highest BCUT2D eigenvalue weighted by molar-refractivity contribution is 5.29. The third kappa shape index (κ3) is 3.17. The fourth-order valence-electron chi connectivity index (χ4n) is 1.67. The van der Waals surface area contributed by atoms with Crippen molar-refractivity contribution in [2.45, 2.75) is 52.9 Å². The van der Waals surface area contributed by atoms with E-state index in [1.54, 1.807) is 0 Å².